The van der Waals surface area contributed by atoms with E-state index < -0.39 is 16.1 Å². The molecule has 146 valence electrons. The van der Waals surface area contributed by atoms with E-state index in [1.165, 1.54) is 18.2 Å². The van der Waals surface area contributed by atoms with Crippen molar-refractivity contribution in [1.29, 1.82) is 0 Å². The van der Waals surface area contributed by atoms with Crippen LogP contribution in [-0.4, -0.2) is 20.1 Å². The van der Waals surface area contributed by atoms with Crippen molar-refractivity contribution in [1.82, 2.24) is 0 Å². The largest absolute Gasteiger partial charge is 0.394 e. The Bertz CT molecular complexity index is 1080. The maximum atomic E-state index is 14.1. The van der Waals surface area contributed by atoms with Crippen LogP contribution in [0.25, 0.3) is 11.1 Å². The number of nitrogens with one attached hydrogen (secondary N) is 1. The van der Waals surface area contributed by atoms with Crippen molar-refractivity contribution in [2.45, 2.75) is 17.9 Å². The number of halogens is 1. The minimum absolute atomic E-state index is 0.0561. The fourth-order valence-corrected chi connectivity index (χ4v) is 3.87. The molecule has 0 aliphatic carbocycles. The molecule has 0 aliphatic heterocycles. The summed E-state index contributed by atoms with van der Waals surface area (Å²) in [4.78, 5) is 0.0561. The van der Waals surface area contributed by atoms with E-state index in [2.05, 4.69) is 4.72 Å². The summed E-state index contributed by atoms with van der Waals surface area (Å²) in [6.07, 6.45) is 0. The third-order valence-corrected chi connectivity index (χ3v) is 5.76. The van der Waals surface area contributed by atoms with Gasteiger partial charge in [0.25, 0.3) is 10.0 Å². The zero-order valence-corrected chi connectivity index (χ0v) is 16.1. The van der Waals surface area contributed by atoms with Gasteiger partial charge in [0, 0.05) is 11.3 Å². The highest BCUT2D eigenvalue weighted by Gasteiger charge is 2.16. The van der Waals surface area contributed by atoms with Crippen LogP contribution in [0.2, 0.25) is 0 Å². The summed E-state index contributed by atoms with van der Waals surface area (Å²) in [7, 11) is -3.83. The molecule has 0 aliphatic rings. The first-order valence-electron chi connectivity index (χ1n) is 8.66. The highest BCUT2D eigenvalue weighted by atomic mass is 32.2. The number of anilines is 1. The highest BCUT2D eigenvalue weighted by Crippen LogP contribution is 2.26. The third-order valence-electron chi connectivity index (χ3n) is 4.36. The summed E-state index contributed by atoms with van der Waals surface area (Å²) in [6, 6.07) is 16.9. The molecular formula is C21H21FN2O3S. The van der Waals surface area contributed by atoms with Crippen molar-refractivity contribution in [3.63, 3.8) is 0 Å². The van der Waals surface area contributed by atoms with Crippen LogP contribution in [0.1, 0.15) is 17.2 Å². The molecule has 0 fully saturated rings. The third kappa shape index (κ3) is 4.39. The first kappa shape index (κ1) is 20.0. The molecule has 4 N–H and O–H groups in total. The molecule has 28 heavy (non-hydrogen) atoms. The van der Waals surface area contributed by atoms with E-state index in [-0.39, 0.29) is 17.3 Å². The normalized spacial score (nSPS) is 12.6. The molecule has 0 aromatic heterocycles. The van der Waals surface area contributed by atoms with E-state index in [1.807, 2.05) is 0 Å². The van der Waals surface area contributed by atoms with Gasteiger partial charge in [-0.1, -0.05) is 36.4 Å². The molecule has 5 nitrogen and oxygen atoms in total. The van der Waals surface area contributed by atoms with Crippen LogP contribution in [0.3, 0.4) is 0 Å². The minimum atomic E-state index is -3.83. The predicted molar refractivity (Wildman–Crippen MR) is 108 cm³/mol. The van der Waals surface area contributed by atoms with E-state index >= 15 is 0 Å². The summed E-state index contributed by atoms with van der Waals surface area (Å²) >= 11 is 0. The fourth-order valence-electron chi connectivity index (χ4n) is 2.82. The molecule has 0 bridgehead atoms. The van der Waals surface area contributed by atoms with E-state index in [1.54, 1.807) is 55.5 Å². The van der Waals surface area contributed by atoms with Gasteiger partial charge in [-0.3, -0.25) is 4.72 Å². The Balaban J connectivity index is 1.85. The average molecular weight is 400 g/mol. The van der Waals surface area contributed by atoms with Gasteiger partial charge in [0.1, 0.15) is 5.82 Å². The molecule has 7 heteroatoms. The lowest BCUT2D eigenvalue weighted by atomic mass is 10.0. The van der Waals surface area contributed by atoms with E-state index in [9.17, 15) is 12.8 Å². The van der Waals surface area contributed by atoms with Gasteiger partial charge in [0.15, 0.2) is 0 Å². The first-order chi connectivity index (χ1) is 13.3. The summed E-state index contributed by atoms with van der Waals surface area (Å²) < 4.78 is 41.9. The van der Waals surface area contributed by atoms with Crippen molar-refractivity contribution < 1.29 is 17.9 Å². The van der Waals surface area contributed by atoms with Crippen LogP contribution in [-0.2, 0) is 10.0 Å². The Labute approximate surface area is 163 Å². The fraction of sp³-hybridized carbons (Fsp3) is 0.143. The van der Waals surface area contributed by atoms with Gasteiger partial charge in [0.05, 0.1) is 17.5 Å². The number of nitrogens with two attached hydrogens (primary N) is 1. The van der Waals surface area contributed by atoms with Crippen molar-refractivity contribution in [2.75, 3.05) is 11.3 Å². The predicted octanol–water partition coefficient (Wildman–Crippen LogP) is 3.59. The summed E-state index contributed by atoms with van der Waals surface area (Å²) in [5.74, 6) is -0.356. The second kappa shape index (κ2) is 8.10. The van der Waals surface area contributed by atoms with Crippen molar-refractivity contribution in [3.8, 4) is 11.1 Å². The maximum absolute atomic E-state index is 14.1. The standard InChI is InChI=1S/C21H21FN2O3S/c1-14-5-10-19(20(22)11-14)15-6-8-18(9-7-15)28(26,27)24-17-4-2-3-16(12-17)21(23)13-25/h2-12,21,24-25H,13,23H2,1H3/t21-/m1/s1. The van der Waals surface area contributed by atoms with E-state index in [0.29, 0.717) is 22.4 Å². The lowest BCUT2D eigenvalue weighted by Gasteiger charge is -2.13. The minimum Gasteiger partial charge on any atom is -0.394 e. The van der Waals surface area contributed by atoms with Crippen LogP contribution in [0, 0.1) is 12.7 Å². The number of benzene rings is 3. The van der Waals surface area contributed by atoms with Gasteiger partial charge >= 0.3 is 0 Å². The average Bonchev–Trinajstić information content (AvgIpc) is 2.67. The van der Waals surface area contributed by atoms with Crippen LogP contribution in [0.5, 0.6) is 0 Å². The topological polar surface area (TPSA) is 92.4 Å². The van der Waals surface area contributed by atoms with Crippen LogP contribution < -0.4 is 10.5 Å². The van der Waals surface area contributed by atoms with Gasteiger partial charge in [-0.05, 0) is 53.9 Å². The molecule has 0 heterocycles. The van der Waals surface area contributed by atoms with Gasteiger partial charge in [-0.15, -0.1) is 0 Å². The summed E-state index contributed by atoms with van der Waals surface area (Å²) in [6.45, 7) is 1.56. The maximum Gasteiger partial charge on any atom is 0.261 e. The quantitative estimate of drug-likeness (QED) is 0.590. The summed E-state index contributed by atoms with van der Waals surface area (Å²) in [5, 5.41) is 9.15. The Morgan fingerprint density at radius 1 is 1.07 bits per heavy atom. The molecule has 0 saturated heterocycles. The zero-order valence-electron chi connectivity index (χ0n) is 15.3. The van der Waals surface area contributed by atoms with E-state index in [0.717, 1.165) is 5.56 Å². The molecule has 0 unspecified atom stereocenters. The number of aliphatic hydroxyl groups excluding tert-OH is 1. The highest BCUT2D eigenvalue weighted by molar-refractivity contribution is 7.92. The Morgan fingerprint density at radius 2 is 1.79 bits per heavy atom. The number of hydrogen-bond acceptors (Lipinski definition) is 4. The van der Waals surface area contributed by atoms with Gasteiger partial charge in [-0.2, -0.15) is 0 Å². The Kier molecular flexibility index (Phi) is 5.79. The molecule has 0 amide bonds. The molecule has 0 saturated carbocycles. The number of aryl methyl sites for hydroxylation is 1. The number of aliphatic hydroxyl groups is 1. The molecule has 1 atom stereocenters. The van der Waals surface area contributed by atoms with Crippen molar-refractivity contribution >= 4 is 15.7 Å². The summed E-state index contributed by atoms with van der Waals surface area (Å²) in [5.41, 5.74) is 8.55. The molecule has 3 aromatic carbocycles. The molecule has 3 rings (SSSR count). The lowest BCUT2D eigenvalue weighted by molar-refractivity contribution is 0.268. The number of hydrogen-bond donors (Lipinski definition) is 3. The van der Waals surface area contributed by atoms with E-state index in [4.69, 9.17) is 10.8 Å². The molecular weight excluding hydrogens is 379 g/mol. The van der Waals surface area contributed by atoms with Crippen LogP contribution >= 0.6 is 0 Å². The first-order valence-corrected chi connectivity index (χ1v) is 10.1. The number of rotatable bonds is 6. The Hall–Kier alpha value is -2.74. The lowest BCUT2D eigenvalue weighted by Crippen LogP contribution is -2.16. The second-order valence-corrected chi connectivity index (χ2v) is 8.21. The monoisotopic (exact) mass is 400 g/mol. The van der Waals surface area contributed by atoms with Crippen LogP contribution in [0.4, 0.5) is 10.1 Å². The van der Waals surface area contributed by atoms with Gasteiger partial charge in [0.2, 0.25) is 0 Å². The van der Waals surface area contributed by atoms with Gasteiger partial charge in [-0.25, -0.2) is 12.8 Å². The van der Waals surface area contributed by atoms with Crippen LogP contribution in [0.15, 0.2) is 71.6 Å². The molecule has 0 radical (unpaired) electrons. The smallest absolute Gasteiger partial charge is 0.261 e. The number of sulfonamides is 1. The molecule has 0 spiro atoms. The van der Waals surface area contributed by atoms with Gasteiger partial charge < -0.3 is 10.8 Å². The van der Waals surface area contributed by atoms with Crippen molar-refractivity contribution in [2.24, 2.45) is 5.73 Å². The van der Waals surface area contributed by atoms with Crippen molar-refractivity contribution in [3.05, 3.63) is 83.7 Å². The zero-order chi connectivity index (χ0) is 20.3. The molecule has 3 aromatic rings. The SMILES string of the molecule is Cc1ccc(-c2ccc(S(=O)(=O)Nc3cccc([C@H](N)CO)c3)cc2)c(F)c1. The second-order valence-electron chi connectivity index (χ2n) is 6.53. The Morgan fingerprint density at radius 3 is 2.43 bits per heavy atom.